The zero-order chi connectivity index (χ0) is 36.7. The van der Waals surface area contributed by atoms with Crippen LogP contribution in [0.2, 0.25) is 36.3 Å². The molecule has 9 heteroatoms. The summed E-state index contributed by atoms with van der Waals surface area (Å²) in [6, 6.07) is 9.55. The van der Waals surface area contributed by atoms with Crippen molar-refractivity contribution in [3.05, 3.63) is 75.1 Å². The van der Waals surface area contributed by atoms with Crippen molar-refractivity contribution in [1.82, 2.24) is 13.9 Å². The molecule has 2 aromatic rings. The summed E-state index contributed by atoms with van der Waals surface area (Å²) in [5, 5.41) is 0.0413. The van der Waals surface area contributed by atoms with Gasteiger partial charge >= 0.3 is 11.4 Å². The first-order valence-corrected chi connectivity index (χ1v) is 25.1. The standard InChI is InChI=1S/C41H63N3O4Si2/c1-14-28-20-21-31-38(28,8)23-22-32-39(9)33(48-50(12,13)37(5,6)7)26-30(47-49(10,11)36(2,3)4)27-40(39)24-25-41(31,32)44-35(46)42(34(45)43(40)44)29-18-16-15-17-19-29/h14-19,24-25,30-33H,20-23,26-27H2,1-13H3/t30-,31?,32?,33-,38+,39-,40+,41-/m0/s1. The molecule has 3 heterocycles. The zero-order valence-corrected chi connectivity index (χ0v) is 35.1. The van der Waals surface area contributed by atoms with Crippen LogP contribution in [0, 0.1) is 22.7 Å². The van der Waals surface area contributed by atoms with Gasteiger partial charge in [-0.3, -0.25) is 0 Å². The highest BCUT2D eigenvalue weighted by Gasteiger charge is 2.77. The zero-order valence-electron chi connectivity index (χ0n) is 33.1. The van der Waals surface area contributed by atoms with Crippen LogP contribution in [0.1, 0.15) is 101 Å². The number of allylic oxidation sites excluding steroid dienone is 4. The maximum Gasteiger partial charge on any atom is 0.352 e. The average Bonchev–Trinajstić information content (AvgIpc) is 3.50. The Morgan fingerprint density at radius 3 is 2.02 bits per heavy atom. The molecule has 0 amide bonds. The van der Waals surface area contributed by atoms with E-state index in [-0.39, 0.29) is 50.9 Å². The molecule has 7 nitrogen and oxygen atoms in total. The molecular formula is C41H63N3O4Si2. The highest BCUT2D eigenvalue weighted by atomic mass is 28.4. The van der Waals surface area contributed by atoms with Crippen LogP contribution in [0.25, 0.3) is 5.69 Å². The first kappa shape index (κ1) is 36.2. The quantitative estimate of drug-likeness (QED) is 0.229. The third-order valence-electron chi connectivity index (χ3n) is 15.8. The lowest BCUT2D eigenvalue weighted by molar-refractivity contribution is -0.228. The smallest absolute Gasteiger partial charge is 0.352 e. The molecule has 50 heavy (non-hydrogen) atoms. The van der Waals surface area contributed by atoms with Crippen LogP contribution in [0.4, 0.5) is 0 Å². The summed E-state index contributed by atoms with van der Waals surface area (Å²) in [5.74, 6) is 0.317. The lowest BCUT2D eigenvalue weighted by Crippen LogP contribution is -2.79. The van der Waals surface area contributed by atoms with Crippen LogP contribution in [0.3, 0.4) is 0 Å². The van der Waals surface area contributed by atoms with Crippen molar-refractivity contribution < 1.29 is 8.85 Å². The largest absolute Gasteiger partial charge is 0.414 e. The van der Waals surface area contributed by atoms with Gasteiger partial charge in [0, 0.05) is 11.8 Å². The van der Waals surface area contributed by atoms with E-state index in [1.807, 2.05) is 39.7 Å². The van der Waals surface area contributed by atoms with Gasteiger partial charge in [0.25, 0.3) is 0 Å². The predicted molar refractivity (Wildman–Crippen MR) is 208 cm³/mol. The second-order valence-corrected chi connectivity index (χ2v) is 29.5. The van der Waals surface area contributed by atoms with Crippen molar-refractivity contribution in [2.24, 2.45) is 22.7 Å². The van der Waals surface area contributed by atoms with Gasteiger partial charge in [-0.25, -0.2) is 23.5 Å². The molecule has 8 rings (SSSR count). The third-order valence-corrected chi connectivity index (χ3v) is 24.8. The Morgan fingerprint density at radius 2 is 1.42 bits per heavy atom. The van der Waals surface area contributed by atoms with Crippen molar-refractivity contribution in [3.63, 3.8) is 0 Å². The maximum atomic E-state index is 15.3. The van der Waals surface area contributed by atoms with Crippen molar-refractivity contribution in [2.75, 3.05) is 0 Å². The second kappa shape index (κ2) is 10.9. The molecule has 1 aromatic carbocycles. The Balaban J connectivity index is 1.55. The lowest BCUT2D eigenvalue weighted by Gasteiger charge is -2.73. The van der Waals surface area contributed by atoms with Crippen LogP contribution in [0.5, 0.6) is 0 Å². The molecule has 2 spiro atoms. The Labute approximate surface area is 302 Å². The van der Waals surface area contributed by atoms with E-state index in [0.29, 0.717) is 12.1 Å². The third kappa shape index (κ3) is 4.44. The molecule has 274 valence electrons. The fourth-order valence-corrected chi connectivity index (χ4v) is 13.9. The van der Waals surface area contributed by atoms with Gasteiger partial charge < -0.3 is 8.85 Å². The topological polar surface area (TPSA) is 67.4 Å². The summed E-state index contributed by atoms with van der Waals surface area (Å²) in [4.78, 5) is 30.5. The number of para-hydroxylation sites is 1. The van der Waals surface area contributed by atoms with E-state index in [1.165, 1.54) is 10.1 Å². The van der Waals surface area contributed by atoms with Crippen molar-refractivity contribution >= 4 is 16.6 Å². The lowest BCUT2D eigenvalue weighted by atomic mass is 9.40. The van der Waals surface area contributed by atoms with Crippen molar-refractivity contribution in [2.45, 2.75) is 160 Å². The molecule has 0 radical (unpaired) electrons. The average molecular weight is 718 g/mol. The van der Waals surface area contributed by atoms with E-state index < -0.39 is 33.1 Å². The molecule has 6 aliphatic rings. The van der Waals surface area contributed by atoms with Gasteiger partial charge in [0.1, 0.15) is 0 Å². The Bertz CT molecular complexity index is 1870. The van der Waals surface area contributed by atoms with E-state index in [0.717, 1.165) is 32.1 Å². The summed E-state index contributed by atoms with van der Waals surface area (Å²) >= 11 is 0. The summed E-state index contributed by atoms with van der Waals surface area (Å²) in [7, 11) is -4.50. The van der Waals surface area contributed by atoms with E-state index in [2.05, 4.69) is 107 Å². The number of benzene rings is 1. The van der Waals surface area contributed by atoms with Crippen molar-refractivity contribution in [3.8, 4) is 5.69 Å². The van der Waals surface area contributed by atoms with Crippen LogP contribution in [0.15, 0.2) is 63.7 Å². The molecule has 0 saturated heterocycles. The number of fused-ring (bicyclic) bond motifs is 1. The van der Waals surface area contributed by atoms with Crippen LogP contribution >= 0.6 is 0 Å². The molecule has 3 fully saturated rings. The monoisotopic (exact) mass is 717 g/mol. The summed E-state index contributed by atoms with van der Waals surface area (Å²) in [6.45, 7) is 30.3. The van der Waals surface area contributed by atoms with E-state index >= 15 is 9.59 Å². The Kier molecular flexibility index (Phi) is 7.90. The Morgan fingerprint density at radius 1 is 0.820 bits per heavy atom. The summed E-state index contributed by atoms with van der Waals surface area (Å²) in [6.07, 6.45) is 12.5. The van der Waals surface area contributed by atoms with Crippen LogP contribution in [-0.4, -0.2) is 42.8 Å². The number of hydrogen-bond acceptors (Lipinski definition) is 4. The van der Waals surface area contributed by atoms with Gasteiger partial charge in [-0.15, -0.1) is 0 Å². The van der Waals surface area contributed by atoms with Gasteiger partial charge in [-0.1, -0.05) is 97.4 Å². The molecule has 2 bridgehead atoms. The number of hydrogen-bond donors (Lipinski definition) is 0. The first-order valence-electron chi connectivity index (χ1n) is 19.3. The molecule has 1 aromatic heterocycles. The number of nitrogens with zero attached hydrogens (tertiary/aromatic N) is 3. The van der Waals surface area contributed by atoms with Crippen LogP contribution < -0.4 is 11.4 Å². The van der Waals surface area contributed by atoms with Gasteiger partial charge in [0.2, 0.25) is 0 Å². The van der Waals surface area contributed by atoms with E-state index in [4.69, 9.17) is 8.85 Å². The van der Waals surface area contributed by atoms with Gasteiger partial charge in [0.15, 0.2) is 16.6 Å². The number of rotatable bonds is 5. The molecule has 3 saturated carbocycles. The second-order valence-electron chi connectivity index (χ2n) is 20.0. The normalized spacial score (nSPS) is 37.4. The molecule has 2 aliphatic heterocycles. The fourth-order valence-electron chi connectivity index (χ4n) is 11.1. The van der Waals surface area contributed by atoms with E-state index in [1.54, 1.807) is 0 Å². The molecular weight excluding hydrogens is 655 g/mol. The molecule has 8 atom stereocenters. The fraction of sp³-hybridized carbons (Fsp3) is 0.707. The van der Waals surface area contributed by atoms with Gasteiger partial charge in [0.05, 0.1) is 29.0 Å². The minimum atomic E-state index is -2.29. The minimum absolute atomic E-state index is 0.0119. The highest BCUT2D eigenvalue weighted by Crippen LogP contribution is 2.74. The van der Waals surface area contributed by atoms with Gasteiger partial charge in [-0.05, 0) is 105 Å². The van der Waals surface area contributed by atoms with Crippen molar-refractivity contribution in [1.29, 1.82) is 0 Å². The van der Waals surface area contributed by atoms with Crippen LogP contribution in [-0.2, 0) is 19.9 Å². The van der Waals surface area contributed by atoms with E-state index in [9.17, 15) is 0 Å². The SMILES string of the molecule is CC=C1CCC2[C@@]34C=C[C@]5(C[C@@H](O[Si](C)(C)C(C)(C)C)C[C@H](O[Si](C)(C)C(C)(C)C)[C@]5(C)C3CC[C@]12C)n1c(=O)n(-c2ccccc2)c(=O)n14. The Hall–Kier alpha value is -2.21. The minimum Gasteiger partial charge on any atom is -0.414 e. The number of aromatic nitrogens is 3. The summed E-state index contributed by atoms with van der Waals surface area (Å²) in [5.41, 5.74) is -0.256. The highest BCUT2D eigenvalue weighted by molar-refractivity contribution is 6.74. The molecule has 2 unspecified atom stereocenters. The maximum absolute atomic E-state index is 15.3. The first-order chi connectivity index (χ1) is 23.0. The molecule has 0 N–H and O–H groups in total. The predicted octanol–water partition coefficient (Wildman–Crippen LogP) is 9.13. The van der Waals surface area contributed by atoms with Gasteiger partial charge in [-0.2, -0.15) is 0 Å². The summed E-state index contributed by atoms with van der Waals surface area (Å²) < 4.78 is 20.5. The molecule has 4 aliphatic carbocycles.